The molecule has 6 heteroatoms. The van der Waals surface area contributed by atoms with Crippen LogP contribution in [0.25, 0.3) is 11.4 Å². The van der Waals surface area contributed by atoms with Crippen LogP contribution in [0.3, 0.4) is 0 Å². The van der Waals surface area contributed by atoms with E-state index in [-0.39, 0.29) is 11.3 Å². The van der Waals surface area contributed by atoms with Crippen LogP contribution in [-0.4, -0.2) is 26.4 Å². The zero-order chi connectivity index (χ0) is 23.3. The predicted octanol–water partition coefficient (Wildman–Crippen LogP) is 6.12. The normalized spacial score (nSPS) is 11.6. The number of carbonyl (C=O) groups excluding carboxylic acids is 1. The molecule has 2 aromatic carbocycles. The number of hydrogen-bond donors (Lipinski definition) is 1. The first-order valence-electron chi connectivity index (χ1n) is 11.4. The Bertz CT molecular complexity index is 1040. The number of anilines is 1. The van der Waals surface area contributed by atoms with Gasteiger partial charge in [0.25, 0.3) is 0 Å². The SMILES string of the molecule is CCc1cccc(CC)c1NC(=O)CSc1nnc(-c2ccc(C(C)(C)C)cc2)n1CC. The van der Waals surface area contributed by atoms with Crippen LogP contribution in [0.5, 0.6) is 0 Å². The Balaban J connectivity index is 1.73. The monoisotopic (exact) mass is 450 g/mol. The van der Waals surface area contributed by atoms with E-state index in [1.807, 2.05) is 0 Å². The summed E-state index contributed by atoms with van der Waals surface area (Å²) < 4.78 is 2.07. The smallest absolute Gasteiger partial charge is 0.234 e. The van der Waals surface area contributed by atoms with Gasteiger partial charge in [-0.2, -0.15) is 0 Å². The molecule has 1 amide bonds. The van der Waals surface area contributed by atoms with E-state index in [0.29, 0.717) is 5.75 Å². The molecule has 0 saturated heterocycles. The fourth-order valence-electron chi connectivity index (χ4n) is 3.72. The van der Waals surface area contributed by atoms with Gasteiger partial charge in [0.2, 0.25) is 5.91 Å². The highest BCUT2D eigenvalue weighted by Crippen LogP contribution is 2.28. The molecule has 3 rings (SSSR count). The van der Waals surface area contributed by atoms with Gasteiger partial charge in [-0.05, 0) is 41.9 Å². The fourth-order valence-corrected chi connectivity index (χ4v) is 4.52. The molecule has 1 aromatic heterocycles. The number of para-hydroxylation sites is 1. The van der Waals surface area contributed by atoms with Gasteiger partial charge in [0.05, 0.1) is 5.75 Å². The molecule has 0 spiro atoms. The first-order chi connectivity index (χ1) is 15.3. The van der Waals surface area contributed by atoms with Gasteiger partial charge >= 0.3 is 0 Å². The van der Waals surface area contributed by atoms with Crippen LogP contribution in [-0.2, 0) is 29.6 Å². The summed E-state index contributed by atoms with van der Waals surface area (Å²) in [5.41, 5.74) is 5.72. The Morgan fingerprint density at radius 1 is 0.969 bits per heavy atom. The summed E-state index contributed by atoms with van der Waals surface area (Å²) in [4.78, 5) is 12.7. The standard InChI is InChI=1S/C26H34N4OS/c1-7-18-11-10-12-19(8-2)23(18)27-22(31)17-32-25-29-28-24(30(25)9-3)20-13-15-21(16-14-20)26(4,5)6/h10-16H,7-9,17H2,1-6H3,(H,27,31). The predicted molar refractivity (Wildman–Crippen MR) is 134 cm³/mol. The highest BCUT2D eigenvalue weighted by atomic mass is 32.2. The largest absolute Gasteiger partial charge is 0.325 e. The number of hydrogen-bond acceptors (Lipinski definition) is 4. The van der Waals surface area contributed by atoms with E-state index in [1.165, 1.54) is 28.5 Å². The lowest BCUT2D eigenvalue weighted by molar-refractivity contribution is -0.113. The summed E-state index contributed by atoms with van der Waals surface area (Å²) in [6, 6.07) is 14.7. The molecule has 0 aliphatic rings. The Kier molecular flexibility index (Phi) is 7.77. The molecule has 1 N–H and O–H groups in total. The molecule has 1 heterocycles. The minimum atomic E-state index is -0.0210. The van der Waals surface area contributed by atoms with Gasteiger partial charge in [-0.1, -0.05) is 88.8 Å². The molecule has 0 atom stereocenters. The molecule has 0 unspecified atom stereocenters. The average Bonchev–Trinajstić information content (AvgIpc) is 3.20. The molecular formula is C26H34N4OS. The number of rotatable bonds is 8. The van der Waals surface area contributed by atoms with Crippen molar-refractivity contribution < 1.29 is 4.79 Å². The molecule has 0 aliphatic heterocycles. The average molecular weight is 451 g/mol. The number of carbonyl (C=O) groups is 1. The maximum Gasteiger partial charge on any atom is 0.234 e. The zero-order valence-corrected chi connectivity index (χ0v) is 20.8. The zero-order valence-electron chi connectivity index (χ0n) is 20.0. The molecule has 32 heavy (non-hydrogen) atoms. The molecule has 0 bridgehead atoms. The van der Waals surface area contributed by atoms with Crippen molar-refractivity contribution in [3.05, 3.63) is 59.2 Å². The minimum Gasteiger partial charge on any atom is -0.325 e. The van der Waals surface area contributed by atoms with Gasteiger partial charge in [0, 0.05) is 17.8 Å². The lowest BCUT2D eigenvalue weighted by Crippen LogP contribution is -2.17. The van der Waals surface area contributed by atoms with Crippen molar-refractivity contribution in [2.24, 2.45) is 0 Å². The van der Waals surface area contributed by atoms with Crippen LogP contribution in [0.4, 0.5) is 5.69 Å². The first-order valence-corrected chi connectivity index (χ1v) is 12.3. The van der Waals surface area contributed by atoms with E-state index < -0.39 is 0 Å². The van der Waals surface area contributed by atoms with E-state index in [9.17, 15) is 4.79 Å². The Morgan fingerprint density at radius 3 is 2.12 bits per heavy atom. The van der Waals surface area contributed by atoms with Crippen molar-refractivity contribution in [1.29, 1.82) is 0 Å². The van der Waals surface area contributed by atoms with Gasteiger partial charge < -0.3 is 9.88 Å². The van der Waals surface area contributed by atoms with Crippen LogP contribution >= 0.6 is 11.8 Å². The van der Waals surface area contributed by atoms with Gasteiger partial charge in [0.1, 0.15) is 0 Å². The third kappa shape index (κ3) is 5.41. The van der Waals surface area contributed by atoms with Crippen molar-refractivity contribution in [1.82, 2.24) is 14.8 Å². The number of benzene rings is 2. The number of nitrogens with zero attached hydrogens (tertiary/aromatic N) is 3. The highest BCUT2D eigenvalue weighted by molar-refractivity contribution is 7.99. The summed E-state index contributed by atoms with van der Waals surface area (Å²) in [7, 11) is 0. The van der Waals surface area contributed by atoms with Gasteiger partial charge in [-0.15, -0.1) is 10.2 Å². The Hall–Kier alpha value is -2.60. The molecule has 0 fully saturated rings. The van der Waals surface area contributed by atoms with Crippen LogP contribution in [0.15, 0.2) is 47.6 Å². The summed E-state index contributed by atoms with van der Waals surface area (Å²) >= 11 is 1.43. The second-order valence-electron chi connectivity index (χ2n) is 8.87. The third-order valence-corrected chi connectivity index (χ3v) is 6.60. The first kappa shape index (κ1) is 24.1. The Labute approximate surface area is 196 Å². The van der Waals surface area contributed by atoms with Crippen molar-refractivity contribution in [3.8, 4) is 11.4 Å². The molecule has 0 aliphatic carbocycles. The number of nitrogens with one attached hydrogen (secondary N) is 1. The second-order valence-corrected chi connectivity index (χ2v) is 9.82. The summed E-state index contributed by atoms with van der Waals surface area (Å²) in [6.45, 7) is 13.7. The van der Waals surface area contributed by atoms with Crippen molar-refractivity contribution in [2.75, 3.05) is 11.1 Å². The van der Waals surface area contributed by atoms with Gasteiger partial charge in [-0.25, -0.2) is 0 Å². The molecule has 0 saturated carbocycles. The summed E-state index contributed by atoms with van der Waals surface area (Å²) in [5, 5.41) is 12.7. The van der Waals surface area contributed by atoms with E-state index >= 15 is 0 Å². The van der Waals surface area contributed by atoms with Crippen molar-refractivity contribution in [3.63, 3.8) is 0 Å². The Morgan fingerprint density at radius 2 is 1.59 bits per heavy atom. The van der Waals surface area contributed by atoms with E-state index in [0.717, 1.165) is 41.6 Å². The van der Waals surface area contributed by atoms with E-state index in [1.54, 1.807) is 0 Å². The second kappa shape index (κ2) is 10.3. The lowest BCUT2D eigenvalue weighted by Gasteiger charge is -2.19. The minimum absolute atomic E-state index is 0.0210. The molecule has 0 radical (unpaired) electrons. The topological polar surface area (TPSA) is 59.8 Å². The van der Waals surface area contributed by atoms with Crippen molar-refractivity contribution in [2.45, 2.75) is 71.5 Å². The fraction of sp³-hybridized carbons (Fsp3) is 0.423. The van der Waals surface area contributed by atoms with Crippen molar-refractivity contribution >= 4 is 23.4 Å². The van der Waals surface area contributed by atoms with Crippen LogP contribution in [0, 0.1) is 0 Å². The lowest BCUT2D eigenvalue weighted by atomic mass is 9.87. The van der Waals surface area contributed by atoms with Gasteiger partial charge in [0.15, 0.2) is 11.0 Å². The number of amides is 1. The number of aromatic nitrogens is 3. The van der Waals surface area contributed by atoms with E-state index in [2.05, 4.69) is 104 Å². The summed E-state index contributed by atoms with van der Waals surface area (Å²) in [6.07, 6.45) is 1.77. The highest BCUT2D eigenvalue weighted by Gasteiger charge is 2.18. The quantitative estimate of drug-likeness (QED) is 0.420. The van der Waals surface area contributed by atoms with Crippen LogP contribution < -0.4 is 5.32 Å². The third-order valence-electron chi connectivity index (χ3n) is 5.64. The summed E-state index contributed by atoms with van der Waals surface area (Å²) in [5.74, 6) is 1.11. The number of thioether (sulfide) groups is 1. The molecular weight excluding hydrogens is 416 g/mol. The van der Waals surface area contributed by atoms with Crippen LogP contribution in [0.1, 0.15) is 58.2 Å². The number of aryl methyl sites for hydroxylation is 2. The molecule has 5 nitrogen and oxygen atoms in total. The van der Waals surface area contributed by atoms with Crippen LogP contribution in [0.2, 0.25) is 0 Å². The maximum atomic E-state index is 12.7. The maximum absolute atomic E-state index is 12.7. The molecule has 3 aromatic rings. The van der Waals surface area contributed by atoms with E-state index in [4.69, 9.17) is 0 Å². The van der Waals surface area contributed by atoms with Gasteiger partial charge in [-0.3, -0.25) is 4.79 Å². The molecule has 170 valence electrons.